The van der Waals surface area contributed by atoms with Crippen molar-refractivity contribution in [3.8, 4) is 22.4 Å². The molecule has 3 atom stereocenters. The first-order valence-electron chi connectivity index (χ1n) is 12.2. The number of nitrogens with zero attached hydrogens (tertiary/aromatic N) is 5. The third-order valence-corrected chi connectivity index (χ3v) is 8.71. The van der Waals surface area contributed by atoms with Gasteiger partial charge in [-0.3, -0.25) is 4.98 Å². The van der Waals surface area contributed by atoms with Gasteiger partial charge in [0.25, 0.3) is 0 Å². The number of hydrogen-bond donors (Lipinski definition) is 2. The van der Waals surface area contributed by atoms with E-state index in [1.807, 2.05) is 42.5 Å². The zero-order valence-corrected chi connectivity index (χ0v) is 21.1. The van der Waals surface area contributed by atoms with E-state index in [0.717, 1.165) is 35.9 Å². The van der Waals surface area contributed by atoms with E-state index < -0.39 is 15.9 Å². The monoisotopic (exact) mass is 517 g/mol. The van der Waals surface area contributed by atoms with E-state index in [2.05, 4.69) is 10.1 Å². The van der Waals surface area contributed by atoms with Crippen molar-refractivity contribution in [2.45, 2.75) is 48.6 Å². The number of benzene rings is 1. The molecule has 5 heterocycles. The SMILES string of the molecule is CS(=O)(=O)c1c(C2CC3CC[C@@H](C2)N3C(N)=O)nc2c(-c3ccc(-c4ccccc4)nc3)cnn2c1N. The Balaban J connectivity index is 1.46. The molecular weight excluding hydrogens is 490 g/mol. The van der Waals surface area contributed by atoms with Crippen LogP contribution in [0.15, 0.2) is 59.8 Å². The quantitative estimate of drug-likeness (QED) is 0.422. The van der Waals surface area contributed by atoms with E-state index in [0.29, 0.717) is 29.7 Å². The number of aromatic nitrogens is 4. The van der Waals surface area contributed by atoms with Crippen molar-refractivity contribution in [3.63, 3.8) is 0 Å². The summed E-state index contributed by atoms with van der Waals surface area (Å²) in [5, 5.41) is 4.38. The molecule has 190 valence electrons. The Morgan fingerprint density at radius 1 is 1.00 bits per heavy atom. The lowest BCUT2D eigenvalue weighted by Gasteiger charge is -2.38. The van der Waals surface area contributed by atoms with Crippen LogP contribution in [0.1, 0.15) is 37.3 Å². The van der Waals surface area contributed by atoms with Crippen LogP contribution in [0.25, 0.3) is 28.0 Å². The fraction of sp³-hybridized carbons (Fsp3) is 0.308. The number of pyridine rings is 1. The van der Waals surface area contributed by atoms with Crippen molar-refractivity contribution in [1.82, 2.24) is 24.5 Å². The summed E-state index contributed by atoms with van der Waals surface area (Å²) in [5.41, 5.74) is 16.3. The van der Waals surface area contributed by atoms with Gasteiger partial charge in [0, 0.05) is 47.1 Å². The molecule has 2 saturated heterocycles. The molecule has 4 aromatic rings. The first-order valence-corrected chi connectivity index (χ1v) is 14.1. The molecule has 0 spiro atoms. The number of rotatable bonds is 4. The van der Waals surface area contributed by atoms with Crippen molar-refractivity contribution >= 4 is 27.3 Å². The second-order valence-electron chi connectivity index (χ2n) is 9.87. The molecule has 6 rings (SSSR count). The number of hydrogen-bond acceptors (Lipinski definition) is 7. The van der Waals surface area contributed by atoms with Crippen LogP contribution in [-0.4, -0.2) is 57.3 Å². The minimum Gasteiger partial charge on any atom is -0.382 e. The van der Waals surface area contributed by atoms with Crippen molar-refractivity contribution in [1.29, 1.82) is 0 Å². The van der Waals surface area contributed by atoms with Crippen LogP contribution in [0.3, 0.4) is 0 Å². The van der Waals surface area contributed by atoms with Gasteiger partial charge in [0.2, 0.25) is 0 Å². The number of anilines is 1. The summed E-state index contributed by atoms with van der Waals surface area (Å²) in [5.74, 6) is -0.140. The molecule has 2 amide bonds. The number of nitrogens with two attached hydrogens (primary N) is 2. The zero-order chi connectivity index (χ0) is 25.9. The van der Waals surface area contributed by atoms with E-state index >= 15 is 0 Å². The summed E-state index contributed by atoms with van der Waals surface area (Å²) in [7, 11) is -3.71. The van der Waals surface area contributed by atoms with Crippen molar-refractivity contribution in [2.75, 3.05) is 12.0 Å². The van der Waals surface area contributed by atoms with Crippen LogP contribution in [0.5, 0.6) is 0 Å². The molecule has 0 aliphatic carbocycles. The Hall–Kier alpha value is -3.99. The molecule has 10 nitrogen and oxygen atoms in total. The zero-order valence-electron chi connectivity index (χ0n) is 20.3. The number of fused-ring (bicyclic) bond motifs is 3. The lowest BCUT2D eigenvalue weighted by atomic mass is 9.88. The lowest BCUT2D eigenvalue weighted by molar-refractivity contribution is 0.144. The normalized spacial score (nSPS) is 21.4. The standard InChI is InChI=1S/C26H27N7O3S/c1-37(35,36)23-22(17-11-18-8-9-19(12-17)32(18)26(28)34)31-25-20(14-30-33(25)24(23)27)16-7-10-21(29-13-16)15-5-3-2-4-6-15/h2-7,10,13-14,17-19H,8-9,11-12,27H2,1H3,(H2,28,34)/t17?,18-,19?/m0/s1. The van der Waals surface area contributed by atoms with Gasteiger partial charge in [-0.25, -0.2) is 18.2 Å². The molecule has 2 bridgehead atoms. The molecule has 2 unspecified atom stereocenters. The number of sulfone groups is 1. The van der Waals surface area contributed by atoms with Crippen LogP contribution in [0, 0.1) is 0 Å². The summed E-state index contributed by atoms with van der Waals surface area (Å²) < 4.78 is 27.2. The maximum Gasteiger partial charge on any atom is 0.315 e. The second-order valence-corrected chi connectivity index (χ2v) is 11.8. The minimum atomic E-state index is -3.71. The van der Waals surface area contributed by atoms with Gasteiger partial charge >= 0.3 is 6.03 Å². The van der Waals surface area contributed by atoms with Gasteiger partial charge in [-0.1, -0.05) is 36.4 Å². The van der Waals surface area contributed by atoms with Gasteiger partial charge in [-0.05, 0) is 31.7 Å². The predicted octanol–water partition coefficient (Wildman–Crippen LogP) is 3.23. The Kier molecular flexibility index (Phi) is 5.41. The van der Waals surface area contributed by atoms with E-state index in [-0.39, 0.29) is 28.7 Å². The maximum absolute atomic E-state index is 12.9. The number of primary amides is 1. The average molecular weight is 518 g/mol. The fourth-order valence-corrected chi connectivity index (χ4v) is 7.03. The Labute approximate surface area is 214 Å². The van der Waals surface area contributed by atoms with Gasteiger partial charge in [0.15, 0.2) is 15.5 Å². The molecule has 0 saturated carbocycles. The number of urea groups is 1. The van der Waals surface area contributed by atoms with Crippen LogP contribution in [-0.2, 0) is 9.84 Å². The van der Waals surface area contributed by atoms with E-state index in [1.54, 1.807) is 17.3 Å². The van der Waals surface area contributed by atoms with Crippen LogP contribution in [0.2, 0.25) is 0 Å². The van der Waals surface area contributed by atoms with Crippen molar-refractivity contribution in [3.05, 3.63) is 60.6 Å². The van der Waals surface area contributed by atoms with Crippen LogP contribution < -0.4 is 11.5 Å². The van der Waals surface area contributed by atoms with Gasteiger partial charge in [-0.15, -0.1) is 0 Å². The third-order valence-electron chi connectivity index (χ3n) is 7.55. The minimum absolute atomic E-state index is 0.00382. The van der Waals surface area contributed by atoms with Gasteiger partial charge < -0.3 is 16.4 Å². The molecule has 2 aliphatic rings. The molecule has 1 aromatic carbocycles. The topological polar surface area (TPSA) is 150 Å². The number of nitrogen functional groups attached to an aromatic ring is 1. The Morgan fingerprint density at radius 2 is 1.70 bits per heavy atom. The molecule has 2 fully saturated rings. The Bertz CT molecular complexity index is 1600. The molecule has 0 radical (unpaired) electrons. The summed E-state index contributed by atoms with van der Waals surface area (Å²) in [6, 6.07) is 13.2. The summed E-state index contributed by atoms with van der Waals surface area (Å²) in [4.78, 5) is 23.2. The molecule has 37 heavy (non-hydrogen) atoms. The fourth-order valence-electron chi connectivity index (χ4n) is 5.97. The average Bonchev–Trinajstić information content (AvgIpc) is 3.42. The molecule has 4 N–H and O–H groups in total. The lowest BCUT2D eigenvalue weighted by Crippen LogP contribution is -2.48. The molecule has 2 aliphatic heterocycles. The first-order chi connectivity index (χ1) is 17.7. The number of piperidine rings is 1. The van der Waals surface area contributed by atoms with Crippen LogP contribution in [0.4, 0.5) is 10.6 Å². The van der Waals surface area contributed by atoms with Gasteiger partial charge in [-0.2, -0.15) is 9.61 Å². The highest BCUT2D eigenvalue weighted by atomic mass is 32.2. The van der Waals surface area contributed by atoms with E-state index in [1.165, 1.54) is 4.52 Å². The van der Waals surface area contributed by atoms with Crippen molar-refractivity contribution < 1.29 is 13.2 Å². The van der Waals surface area contributed by atoms with E-state index in [4.69, 9.17) is 16.5 Å². The highest BCUT2D eigenvalue weighted by molar-refractivity contribution is 7.91. The number of amides is 2. The van der Waals surface area contributed by atoms with Gasteiger partial charge in [0.05, 0.1) is 17.6 Å². The van der Waals surface area contributed by atoms with Crippen LogP contribution >= 0.6 is 0 Å². The summed E-state index contributed by atoms with van der Waals surface area (Å²) in [6.07, 6.45) is 7.38. The first kappa shape index (κ1) is 23.4. The van der Waals surface area contributed by atoms with Gasteiger partial charge in [0.1, 0.15) is 10.7 Å². The number of carbonyl (C=O) groups is 1. The molecular formula is C26H27N7O3S. The third kappa shape index (κ3) is 3.90. The smallest absolute Gasteiger partial charge is 0.315 e. The largest absolute Gasteiger partial charge is 0.382 e. The summed E-state index contributed by atoms with van der Waals surface area (Å²) in [6.45, 7) is 0. The maximum atomic E-state index is 12.9. The molecule has 11 heteroatoms. The second kappa shape index (κ2) is 8.55. The Morgan fingerprint density at radius 3 is 2.30 bits per heavy atom. The summed E-state index contributed by atoms with van der Waals surface area (Å²) >= 11 is 0. The van der Waals surface area contributed by atoms with Crippen molar-refractivity contribution in [2.24, 2.45) is 5.73 Å². The number of carbonyl (C=O) groups excluding carboxylic acids is 1. The predicted molar refractivity (Wildman–Crippen MR) is 139 cm³/mol. The highest BCUT2D eigenvalue weighted by Gasteiger charge is 2.44. The van der Waals surface area contributed by atoms with E-state index in [9.17, 15) is 13.2 Å². The molecule has 3 aromatic heterocycles. The highest BCUT2D eigenvalue weighted by Crippen LogP contribution is 2.45.